The van der Waals surface area contributed by atoms with E-state index in [-0.39, 0.29) is 10.6 Å². The molecule has 0 atom stereocenters. The van der Waals surface area contributed by atoms with Crippen molar-refractivity contribution < 1.29 is 14.4 Å². The Morgan fingerprint density at radius 3 is 2.47 bits per heavy atom. The van der Waals surface area contributed by atoms with Crippen molar-refractivity contribution in [2.24, 2.45) is 0 Å². The average Bonchev–Trinajstić information content (AvgIpc) is 2.43. The van der Waals surface area contributed by atoms with Crippen LogP contribution in [0.4, 0.5) is 5.69 Å². The van der Waals surface area contributed by atoms with E-state index in [4.69, 9.17) is 9.47 Å². The molecule has 0 aliphatic heterocycles. The molecule has 0 saturated carbocycles. The molecule has 0 unspecified atom stereocenters. The van der Waals surface area contributed by atoms with Crippen LogP contribution in [0.15, 0.2) is 36.4 Å². The molecule has 0 amide bonds. The highest BCUT2D eigenvalue weighted by atomic mass is 16.7. The van der Waals surface area contributed by atoms with E-state index in [0.29, 0.717) is 17.4 Å². The number of rotatable bonds is 5. The summed E-state index contributed by atoms with van der Waals surface area (Å²) >= 11 is 0. The molecule has 19 heavy (non-hydrogen) atoms. The fourth-order valence-electron chi connectivity index (χ4n) is 2.12. The third-order valence-corrected chi connectivity index (χ3v) is 3.08. The van der Waals surface area contributed by atoms with Crippen molar-refractivity contribution in [3.05, 3.63) is 52.1 Å². The van der Waals surface area contributed by atoms with Crippen LogP contribution >= 0.6 is 0 Å². The average molecular weight is 261 g/mol. The Morgan fingerprint density at radius 1 is 1.16 bits per heavy atom. The van der Waals surface area contributed by atoms with Gasteiger partial charge in [-0.1, -0.05) is 30.3 Å². The zero-order valence-corrected chi connectivity index (χ0v) is 10.8. The van der Waals surface area contributed by atoms with Crippen molar-refractivity contribution in [2.45, 2.75) is 12.7 Å². The van der Waals surface area contributed by atoms with Crippen LogP contribution in [-0.2, 0) is 15.9 Å². The molecule has 0 fully saturated rings. The van der Waals surface area contributed by atoms with Gasteiger partial charge in [-0.2, -0.15) is 0 Å². The van der Waals surface area contributed by atoms with E-state index in [0.717, 1.165) is 5.39 Å². The zero-order valence-electron chi connectivity index (χ0n) is 10.8. The summed E-state index contributed by atoms with van der Waals surface area (Å²) < 4.78 is 10.2. The first-order valence-electron chi connectivity index (χ1n) is 5.88. The maximum absolute atomic E-state index is 11.3. The maximum Gasteiger partial charge on any atom is 0.280 e. The number of ether oxygens (including phenoxy) is 2. The number of nitro benzene ring substituents is 1. The highest BCUT2D eigenvalue weighted by Crippen LogP contribution is 2.30. The van der Waals surface area contributed by atoms with E-state index in [1.807, 2.05) is 18.2 Å². The smallest absolute Gasteiger partial charge is 0.280 e. The summed E-state index contributed by atoms with van der Waals surface area (Å²) in [5, 5.41) is 12.8. The number of fused-ring (bicyclic) bond motifs is 1. The Balaban J connectivity index is 2.54. The first kappa shape index (κ1) is 13.5. The topological polar surface area (TPSA) is 61.6 Å². The first-order chi connectivity index (χ1) is 9.17. The highest BCUT2D eigenvalue weighted by molar-refractivity contribution is 5.92. The van der Waals surface area contributed by atoms with Gasteiger partial charge in [0.05, 0.1) is 10.3 Å². The molecule has 0 N–H and O–H groups in total. The van der Waals surface area contributed by atoms with Gasteiger partial charge in [-0.15, -0.1) is 0 Å². The van der Waals surface area contributed by atoms with Gasteiger partial charge in [-0.05, 0) is 11.5 Å². The molecule has 0 heterocycles. The molecule has 0 spiro atoms. The molecule has 0 bridgehead atoms. The van der Waals surface area contributed by atoms with Crippen LogP contribution in [0.1, 0.15) is 5.56 Å². The molecular formula is C14H15NO4. The molecule has 5 heteroatoms. The van der Waals surface area contributed by atoms with E-state index in [2.05, 4.69) is 0 Å². The van der Waals surface area contributed by atoms with Crippen LogP contribution in [0, 0.1) is 10.1 Å². The van der Waals surface area contributed by atoms with E-state index in [1.165, 1.54) is 14.2 Å². The van der Waals surface area contributed by atoms with Gasteiger partial charge in [-0.3, -0.25) is 10.1 Å². The minimum absolute atomic E-state index is 0.122. The largest absolute Gasteiger partial charge is 0.356 e. The predicted octanol–water partition coefficient (Wildman–Crippen LogP) is 2.91. The summed E-state index contributed by atoms with van der Waals surface area (Å²) in [6.07, 6.45) is -0.145. The Kier molecular flexibility index (Phi) is 4.09. The molecule has 0 aromatic heterocycles. The first-order valence-corrected chi connectivity index (χ1v) is 5.88. The summed E-state index contributed by atoms with van der Waals surface area (Å²) in [4.78, 5) is 11.0. The second-order valence-corrected chi connectivity index (χ2v) is 4.16. The normalized spacial score (nSPS) is 11.1. The van der Waals surface area contributed by atoms with Crippen LogP contribution in [-0.4, -0.2) is 25.4 Å². The van der Waals surface area contributed by atoms with Crippen LogP contribution < -0.4 is 0 Å². The summed E-state index contributed by atoms with van der Waals surface area (Å²) in [6, 6.07) is 10.9. The van der Waals surface area contributed by atoms with Gasteiger partial charge in [-0.25, -0.2) is 0 Å². The van der Waals surface area contributed by atoms with Crippen molar-refractivity contribution in [3.63, 3.8) is 0 Å². The van der Waals surface area contributed by atoms with Gasteiger partial charge >= 0.3 is 0 Å². The van der Waals surface area contributed by atoms with Crippen molar-refractivity contribution in [3.8, 4) is 0 Å². The molecule has 0 aliphatic rings. The number of nitrogens with zero attached hydrogens (tertiary/aromatic N) is 1. The molecule has 100 valence electrons. The number of benzene rings is 2. The number of hydrogen-bond donors (Lipinski definition) is 0. The minimum atomic E-state index is -0.486. The van der Waals surface area contributed by atoms with Crippen molar-refractivity contribution >= 4 is 16.5 Å². The zero-order chi connectivity index (χ0) is 13.8. The molecule has 0 aliphatic carbocycles. The Hall–Kier alpha value is -1.98. The molecular weight excluding hydrogens is 246 g/mol. The van der Waals surface area contributed by atoms with Crippen molar-refractivity contribution in [1.29, 1.82) is 0 Å². The predicted molar refractivity (Wildman–Crippen MR) is 72.1 cm³/mol. The summed E-state index contributed by atoms with van der Waals surface area (Å²) in [5.74, 6) is 0. The molecule has 0 radical (unpaired) electrons. The molecule has 2 aromatic carbocycles. The number of hydrogen-bond acceptors (Lipinski definition) is 4. The van der Waals surface area contributed by atoms with Gasteiger partial charge in [0.25, 0.3) is 5.69 Å². The van der Waals surface area contributed by atoms with Crippen LogP contribution in [0.5, 0.6) is 0 Å². The maximum atomic E-state index is 11.3. The van der Waals surface area contributed by atoms with E-state index in [9.17, 15) is 10.1 Å². The van der Waals surface area contributed by atoms with Crippen molar-refractivity contribution in [2.75, 3.05) is 14.2 Å². The highest BCUT2D eigenvalue weighted by Gasteiger charge is 2.20. The number of methoxy groups -OCH3 is 2. The lowest BCUT2D eigenvalue weighted by Crippen LogP contribution is -2.17. The van der Waals surface area contributed by atoms with Crippen LogP contribution in [0.3, 0.4) is 0 Å². The van der Waals surface area contributed by atoms with Gasteiger partial charge < -0.3 is 9.47 Å². The fourth-order valence-corrected chi connectivity index (χ4v) is 2.12. The van der Waals surface area contributed by atoms with E-state index < -0.39 is 6.29 Å². The standard InChI is InChI=1S/C14H15NO4/c1-18-13(19-2)9-11-8-7-10-5-3-4-6-12(10)14(11)15(16)17/h3-8,13H,9H2,1-2H3. The summed E-state index contributed by atoms with van der Waals surface area (Å²) in [6.45, 7) is 0. The Morgan fingerprint density at radius 2 is 1.84 bits per heavy atom. The van der Waals surface area contributed by atoms with E-state index >= 15 is 0 Å². The fraction of sp³-hybridized carbons (Fsp3) is 0.286. The lowest BCUT2D eigenvalue weighted by atomic mass is 10.0. The summed E-state index contributed by atoms with van der Waals surface area (Å²) in [7, 11) is 3.03. The third-order valence-electron chi connectivity index (χ3n) is 3.08. The van der Waals surface area contributed by atoms with Gasteiger partial charge in [0.2, 0.25) is 0 Å². The van der Waals surface area contributed by atoms with E-state index in [1.54, 1.807) is 18.2 Å². The lowest BCUT2D eigenvalue weighted by Gasteiger charge is -2.14. The van der Waals surface area contributed by atoms with Gasteiger partial charge in [0, 0.05) is 26.2 Å². The monoisotopic (exact) mass is 261 g/mol. The SMILES string of the molecule is COC(Cc1ccc2ccccc2c1[N+](=O)[O-])OC. The van der Waals surface area contributed by atoms with Gasteiger partial charge in [0.15, 0.2) is 6.29 Å². The Labute approximate surface area is 110 Å². The second kappa shape index (κ2) is 5.77. The molecule has 2 rings (SSSR count). The molecule has 0 saturated heterocycles. The second-order valence-electron chi connectivity index (χ2n) is 4.16. The van der Waals surface area contributed by atoms with Gasteiger partial charge in [0.1, 0.15) is 0 Å². The van der Waals surface area contributed by atoms with Crippen LogP contribution in [0.2, 0.25) is 0 Å². The Bertz CT molecular complexity index is 593. The molecule has 2 aromatic rings. The quantitative estimate of drug-likeness (QED) is 0.471. The third kappa shape index (κ3) is 2.72. The number of nitro groups is 1. The lowest BCUT2D eigenvalue weighted by molar-refractivity contribution is -0.384. The minimum Gasteiger partial charge on any atom is -0.356 e. The van der Waals surface area contributed by atoms with Crippen molar-refractivity contribution in [1.82, 2.24) is 0 Å². The molecule has 5 nitrogen and oxygen atoms in total. The van der Waals surface area contributed by atoms with Crippen LogP contribution in [0.25, 0.3) is 10.8 Å². The summed E-state index contributed by atoms with van der Waals surface area (Å²) in [5.41, 5.74) is 0.731.